The number of nitrogens with one attached hydrogen (secondary N) is 6. The molecule has 6 amide bonds. The topological polar surface area (TPSA) is 210 Å². The monoisotopic (exact) mass is 755 g/mol. The number of carbonyl (C=O) groups excluding carboxylic acids is 7. The van der Waals surface area contributed by atoms with Gasteiger partial charge in [-0.25, -0.2) is 9.59 Å². The van der Waals surface area contributed by atoms with Gasteiger partial charge in [-0.3, -0.25) is 24.0 Å². The molecule has 0 aliphatic carbocycles. The Labute approximate surface area is 317 Å². The molecule has 0 bridgehead atoms. The Hall–Kier alpha value is -3.91. The molecule has 4 atom stereocenters. The summed E-state index contributed by atoms with van der Waals surface area (Å²) in [6.07, 6.45) is 0.242. The smallest absolute Gasteiger partial charge is 0.408 e. The zero-order valence-corrected chi connectivity index (χ0v) is 35.1. The first-order valence-corrected chi connectivity index (χ1v) is 18.6. The summed E-state index contributed by atoms with van der Waals surface area (Å²) in [4.78, 5) is 92.7. The van der Waals surface area contributed by atoms with Crippen molar-refractivity contribution in [1.29, 1.82) is 0 Å². The van der Waals surface area contributed by atoms with Crippen molar-refractivity contribution in [2.24, 2.45) is 23.7 Å². The average molecular weight is 755 g/mol. The van der Waals surface area contributed by atoms with Gasteiger partial charge in [0, 0.05) is 0 Å². The lowest BCUT2D eigenvalue weighted by atomic mass is 9.96. The van der Waals surface area contributed by atoms with Crippen LogP contribution in [-0.4, -0.2) is 89.6 Å². The summed E-state index contributed by atoms with van der Waals surface area (Å²) in [5.74, 6) is -3.76. The van der Waals surface area contributed by atoms with E-state index in [9.17, 15) is 33.6 Å². The number of rotatable bonds is 20. The average Bonchev–Trinajstić information content (AvgIpc) is 2.96. The van der Waals surface area contributed by atoms with Gasteiger partial charge in [0.25, 0.3) is 0 Å². The number of alkyl carbamates (subject to hydrolysis) is 1. The van der Waals surface area contributed by atoms with Gasteiger partial charge in [-0.2, -0.15) is 0 Å². The fourth-order valence-electron chi connectivity index (χ4n) is 5.30. The highest BCUT2D eigenvalue weighted by molar-refractivity contribution is 5.98. The molecule has 0 saturated carbocycles. The van der Waals surface area contributed by atoms with Crippen molar-refractivity contribution in [3.63, 3.8) is 0 Å². The number of esters is 1. The van der Waals surface area contributed by atoms with E-state index >= 15 is 0 Å². The second-order valence-corrected chi connectivity index (χ2v) is 17.6. The lowest BCUT2D eigenvalue weighted by Gasteiger charge is -2.32. The van der Waals surface area contributed by atoms with Crippen molar-refractivity contribution in [3.05, 3.63) is 0 Å². The van der Waals surface area contributed by atoms with Gasteiger partial charge in [0.1, 0.15) is 40.8 Å². The Balaban J connectivity index is 6.13. The van der Waals surface area contributed by atoms with Gasteiger partial charge in [-0.15, -0.1) is 0 Å². The molecule has 0 aromatic heterocycles. The van der Waals surface area contributed by atoms with Crippen LogP contribution in [0.1, 0.15) is 130 Å². The lowest BCUT2D eigenvalue weighted by molar-refractivity contribution is -0.149. The normalized spacial score (nSPS) is 14.5. The number of amides is 6. The number of hydrogen-bond acceptors (Lipinski definition) is 9. The van der Waals surface area contributed by atoms with Crippen molar-refractivity contribution in [3.8, 4) is 0 Å². The van der Waals surface area contributed by atoms with Crippen molar-refractivity contribution < 1.29 is 43.0 Å². The molecule has 0 unspecified atom stereocenters. The molecule has 0 aromatic carbocycles. The minimum absolute atomic E-state index is 0.00686. The molecule has 0 fully saturated rings. The fourth-order valence-corrected chi connectivity index (χ4v) is 5.30. The summed E-state index contributed by atoms with van der Waals surface area (Å²) >= 11 is 0. The molecule has 0 rings (SSSR count). The lowest BCUT2D eigenvalue weighted by Crippen LogP contribution is -2.63. The molecule has 0 aliphatic heterocycles. The van der Waals surface area contributed by atoms with Gasteiger partial charge < -0.3 is 41.4 Å². The van der Waals surface area contributed by atoms with Crippen LogP contribution in [-0.2, 0) is 38.2 Å². The third-order valence-corrected chi connectivity index (χ3v) is 7.86. The van der Waals surface area contributed by atoms with Crippen molar-refractivity contribution in [2.75, 3.05) is 7.11 Å². The van der Waals surface area contributed by atoms with Crippen LogP contribution in [0.25, 0.3) is 0 Å². The van der Waals surface area contributed by atoms with E-state index < -0.39 is 82.4 Å². The van der Waals surface area contributed by atoms with Crippen LogP contribution in [0.15, 0.2) is 0 Å². The molecule has 0 radical (unpaired) electrons. The van der Waals surface area contributed by atoms with Gasteiger partial charge in [0.05, 0.1) is 7.11 Å². The SMILES string of the molecule is COC(=O)C(C)(C)NC(=O)[C@@H](CC(C)C)NC(=O)[C@H](CC(C)C)NC(=O)C(C)(C)NC(=O)[C@H](CC(C)C)NC(=O)[C@H](CC(C)C)NC(=O)OC(C)(C)C. The van der Waals surface area contributed by atoms with Gasteiger partial charge in [-0.1, -0.05) is 55.4 Å². The second-order valence-electron chi connectivity index (χ2n) is 17.6. The third kappa shape index (κ3) is 19.1. The highest BCUT2D eigenvalue weighted by Gasteiger charge is 2.38. The predicted octanol–water partition coefficient (Wildman–Crippen LogP) is 3.48. The molecule has 0 heterocycles. The zero-order valence-electron chi connectivity index (χ0n) is 35.1. The number of ether oxygens (including phenoxy) is 2. The maximum Gasteiger partial charge on any atom is 0.408 e. The van der Waals surface area contributed by atoms with Gasteiger partial charge in [0.2, 0.25) is 29.5 Å². The van der Waals surface area contributed by atoms with Crippen LogP contribution < -0.4 is 31.9 Å². The van der Waals surface area contributed by atoms with Crippen LogP contribution in [0.3, 0.4) is 0 Å². The molecule has 0 spiro atoms. The largest absolute Gasteiger partial charge is 0.467 e. The van der Waals surface area contributed by atoms with E-state index in [1.54, 1.807) is 20.8 Å². The molecular weight excluding hydrogens is 684 g/mol. The van der Waals surface area contributed by atoms with Crippen LogP contribution in [0, 0.1) is 23.7 Å². The summed E-state index contributed by atoms with van der Waals surface area (Å²) < 4.78 is 10.1. The quantitative estimate of drug-likeness (QED) is 0.100. The Morgan fingerprint density at radius 3 is 1.11 bits per heavy atom. The molecule has 306 valence electrons. The zero-order chi connectivity index (χ0) is 41.6. The molecule has 6 N–H and O–H groups in total. The van der Waals surface area contributed by atoms with E-state index in [1.807, 2.05) is 55.4 Å². The predicted molar refractivity (Wildman–Crippen MR) is 203 cm³/mol. The van der Waals surface area contributed by atoms with Gasteiger partial charge >= 0.3 is 12.1 Å². The molecule has 0 saturated heterocycles. The van der Waals surface area contributed by atoms with E-state index in [2.05, 4.69) is 31.9 Å². The molecule has 53 heavy (non-hydrogen) atoms. The maximum absolute atomic E-state index is 13.7. The van der Waals surface area contributed by atoms with E-state index in [0.29, 0.717) is 0 Å². The van der Waals surface area contributed by atoms with Gasteiger partial charge in [-0.05, 0) is 97.8 Å². The van der Waals surface area contributed by atoms with Crippen LogP contribution >= 0.6 is 0 Å². The second kappa shape index (κ2) is 21.1. The first-order chi connectivity index (χ1) is 24.0. The maximum atomic E-state index is 13.7. The van der Waals surface area contributed by atoms with E-state index in [1.165, 1.54) is 34.8 Å². The van der Waals surface area contributed by atoms with E-state index in [4.69, 9.17) is 9.47 Å². The summed E-state index contributed by atoms with van der Waals surface area (Å²) in [7, 11) is 1.21. The van der Waals surface area contributed by atoms with Crippen LogP contribution in [0.4, 0.5) is 4.79 Å². The minimum Gasteiger partial charge on any atom is -0.467 e. The molecule has 15 heteroatoms. The summed E-state index contributed by atoms with van der Waals surface area (Å²) in [5.41, 5.74) is -3.67. The summed E-state index contributed by atoms with van der Waals surface area (Å²) in [5, 5.41) is 16.2. The van der Waals surface area contributed by atoms with Crippen molar-refractivity contribution in [2.45, 2.75) is 170 Å². The standard InChI is InChI=1S/C38H70N6O9/c1-21(2)17-25(29(45)39-28(20-24(7)8)32(48)44-38(14,15)34(50)52-16)41-33(49)37(12,13)43-31(47)27(19-23(5)6)40-30(46)26(18-22(3)4)42-35(51)53-36(9,10)11/h21-28H,17-20H2,1-16H3,(H,39,45)(H,40,46)(H,41,49)(H,42,51)(H,43,47)(H,44,48)/t25-,26-,27-,28+/m0/s1. The number of hydrogen-bond donors (Lipinski definition) is 6. The first kappa shape index (κ1) is 49.1. The summed E-state index contributed by atoms with van der Waals surface area (Å²) in [6, 6.07) is -4.12. The minimum atomic E-state index is -1.54. The molecule has 15 nitrogen and oxygen atoms in total. The Bertz CT molecular complexity index is 1270. The molecular formula is C38H70N6O9. The molecule has 0 aliphatic rings. The number of methoxy groups -OCH3 is 1. The van der Waals surface area contributed by atoms with E-state index in [0.717, 1.165) is 0 Å². The fraction of sp³-hybridized carbons (Fsp3) is 0.816. The van der Waals surface area contributed by atoms with Crippen LogP contribution in [0.5, 0.6) is 0 Å². The van der Waals surface area contributed by atoms with Gasteiger partial charge in [0.15, 0.2) is 0 Å². The van der Waals surface area contributed by atoms with E-state index in [-0.39, 0.29) is 49.4 Å². The van der Waals surface area contributed by atoms with Crippen molar-refractivity contribution in [1.82, 2.24) is 31.9 Å². The van der Waals surface area contributed by atoms with Crippen molar-refractivity contribution >= 4 is 41.6 Å². The highest BCUT2D eigenvalue weighted by Crippen LogP contribution is 2.15. The third-order valence-electron chi connectivity index (χ3n) is 7.86. The Kier molecular flexibility index (Phi) is 19.5. The molecule has 0 aromatic rings. The highest BCUT2D eigenvalue weighted by atomic mass is 16.6. The van der Waals surface area contributed by atoms with Crippen LogP contribution in [0.2, 0.25) is 0 Å². The summed E-state index contributed by atoms with van der Waals surface area (Å²) in [6.45, 7) is 26.1. The Morgan fingerprint density at radius 2 is 0.792 bits per heavy atom. The number of carbonyl (C=O) groups is 7. The Morgan fingerprint density at radius 1 is 0.472 bits per heavy atom. The first-order valence-electron chi connectivity index (χ1n) is 18.6.